The molecule has 3 atom stereocenters. The van der Waals surface area contributed by atoms with Gasteiger partial charge in [-0.25, -0.2) is 4.39 Å². The number of piperidine rings is 1. The molecule has 3 aliphatic heterocycles. The highest BCUT2D eigenvalue weighted by atomic mass is 19.1. The minimum absolute atomic E-state index is 0.0226. The molecule has 1 N–H and O–H groups in total. The minimum Gasteiger partial charge on any atom is -0.440 e. The van der Waals surface area contributed by atoms with Crippen LogP contribution in [0.25, 0.3) is 0 Å². The molecule has 3 heterocycles. The van der Waals surface area contributed by atoms with Crippen LogP contribution in [0.2, 0.25) is 0 Å². The van der Waals surface area contributed by atoms with Crippen LogP contribution in [0.1, 0.15) is 47.2 Å². The van der Waals surface area contributed by atoms with Crippen LogP contribution in [0.3, 0.4) is 0 Å². The zero-order valence-corrected chi connectivity index (χ0v) is 19.0. The summed E-state index contributed by atoms with van der Waals surface area (Å²) in [4.78, 5) is 15.5. The summed E-state index contributed by atoms with van der Waals surface area (Å²) in [5.41, 5.74) is 1.46. The van der Waals surface area contributed by atoms with E-state index in [9.17, 15) is 4.79 Å². The van der Waals surface area contributed by atoms with E-state index in [1.807, 2.05) is 60.7 Å². The fourth-order valence-corrected chi connectivity index (χ4v) is 5.72. The van der Waals surface area contributed by atoms with Crippen LogP contribution in [0.4, 0.5) is 4.39 Å². The zero-order valence-electron chi connectivity index (χ0n) is 19.0. The number of hydrogen-bond acceptors (Lipinski definition) is 4. The highest BCUT2D eigenvalue weighted by molar-refractivity contribution is 5.95. The lowest BCUT2D eigenvalue weighted by Crippen LogP contribution is -2.48. The Morgan fingerprint density at radius 1 is 0.912 bits per heavy atom. The van der Waals surface area contributed by atoms with Crippen LogP contribution in [0.15, 0.2) is 72.8 Å². The molecule has 3 aromatic carbocycles. The third-order valence-corrected chi connectivity index (χ3v) is 7.55. The van der Waals surface area contributed by atoms with Crippen molar-refractivity contribution in [1.29, 1.82) is 0 Å². The second-order valence-corrected chi connectivity index (χ2v) is 9.50. The molecule has 0 saturated carbocycles. The quantitative estimate of drug-likeness (QED) is 0.607. The predicted molar refractivity (Wildman–Crippen MR) is 126 cm³/mol. The first-order chi connectivity index (χ1) is 16.5. The molecule has 2 bridgehead atoms. The Kier molecular flexibility index (Phi) is 5.06. The first kappa shape index (κ1) is 21.2. The van der Waals surface area contributed by atoms with Crippen LogP contribution in [-0.2, 0) is 5.79 Å². The van der Waals surface area contributed by atoms with Crippen molar-refractivity contribution < 1.29 is 18.7 Å². The largest absolute Gasteiger partial charge is 0.440 e. The molecule has 5 nitrogen and oxygen atoms in total. The second kappa shape index (κ2) is 8.13. The molecule has 0 radical (unpaired) electrons. The van der Waals surface area contributed by atoms with E-state index in [-0.39, 0.29) is 23.1 Å². The molecular formula is C28H27FN2O3. The number of fused-ring (bicyclic) bond motifs is 3. The van der Waals surface area contributed by atoms with Crippen molar-refractivity contribution in [3.63, 3.8) is 0 Å². The van der Waals surface area contributed by atoms with Gasteiger partial charge in [0.2, 0.25) is 5.75 Å². The Labute approximate surface area is 198 Å². The summed E-state index contributed by atoms with van der Waals surface area (Å²) >= 11 is 0. The molecule has 6 heteroatoms. The first-order valence-corrected chi connectivity index (χ1v) is 11.9. The van der Waals surface area contributed by atoms with Crippen molar-refractivity contribution in [2.24, 2.45) is 0 Å². The topological polar surface area (TPSA) is 50.8 Å². The van der Waals surface area contributed by atoms with Gasteiger partial charge in [-0.2, -0.15) is 0 Å². The molecule has 3 aromatic rings. The Morgan fingerprint density at radius 3 is 2.09 bits per heavy atom. The van der Waals surface area contributed by atoms with Crippen molar-refractivity contribution in [2.75, 3.05) is 7.05 Å². The van der Waals surface area contributed by atoms with Gasteiger partial charge in [-0.3, -0.25) is 4.79 Å². The van der Waals surface area contributed by atoms with Gasteiger partial charge in [-0.15, -0.1) is 0 Å². The SMILES string of the molecule is CN1C2CC[C@H]1CC(NC(=O)c1ccc3c(c1F)OC(c1ccccc1)(c1ccccc1)O3)C2. The van der Waals surface area contributed by atoms with E-state index in [1.165, 1.54) is 6.07 Å². The summed E-state index contributed by atoms with van der Waals surface area (Å²) in [6, 6.07) is 23.1. The van der Waals surface area contributed by atoms with E-state index >= 15 is 4.39 Å². The predicted octanol–water partition coefficient (Wildman–Crippen LogP) is 4.85. The third kappa shape index (κ3) is 3.36. The third-order valence-electron chi connectivity index (χ3n) is 7.55. The number of halogens is 1. The smallest absolute Gasteiger partial charge is 0.305 e. The fraction of sp³-hybridized carbons (Fsp3) is 0.321. The van der Waals surface area contributed by atoms with E-state index in [1.54, 1.807) is 6.07 Å². The van der Waals surface area contributed by atoms with Crippen molar-refractivity contribution in [3.8, 4) is 11.5 Å². The summed E-state index contributed by atoms with van der Waals surface area (Å²) < 4.78 is 28.2. The molecular weight excluding hydrogens is 431 g/mol. The molecule has 2 unspecified atom stereocenters. The van der Waals surface area contributed by atoms with Crippen molar-refractivity contribution in [3.05, 3.63) is 95.3 Å². The van der Waals surface area contributed by atoms with Gasteiger partial charge in [0.25, 0.3) is 5.91 Å². The molecule has 0 aromatic heterocycles. The number of nitrogens with one attached hydrogen (secondary N) is 1. The van der Waals surface area contributed by atoms with Crippen LogP contribution in [-0.4, -0.2) is 36.0 Å². The van der Waals surface area contributed by atoms with Crippen LogP contribution in [0, 0.1) is 5.82 Å². The van der Waals surface area contributed by atoms with Crippen LogP contribution in [0.5, 0.6) is 11.5 Å². The molecule has 0 aliphatic carbocycles. The molecule has 6 rings (SSSR count). The standard InChI is InChI=1S/C28H27FN2O3/c1-31-21-12-13-22(31)17-20(16-21)30-27(32)23-14-15-24-26(25(23)29)34-28(33-24,18-8-4-2-5-9-18)19-10-6-3-7-11-19/h2-11,14-15,20-22H,12-13,16-17H2,1H3,(H,30,32)/t20?,21-,22?/m0/s1. The molecule has 2 fully saturated rings. The summed E-state index contributed by atoms with van der Waals surface area (Å²) in [5, 5.41) is 3.07. The van der Waals surface area contributed by atoms with E-state index in [0.29, 0.717) is 12.1 Å². The van der Waals surface area contributed by atoms with Crippen LogP contribution >= 0.6 is 0 Å². The number of nitrogens with zero attached hydrogens (tertiary/aromatic N) is 1. The maximum absolute atomic E-state index is 15.7. The number of carbonyl (C=O) groups is 1. The van der Waals surface area contributed by atoms with Gasteiger partial charge < -0.3 is 19.7 Å². The number of carbonyl (C=O) groups excluding carboxylic acids is 1. The Hall–Kier alpha value is -3.38. The Bertz CT molecular complexity index is 1160. The summed E-state index contributed by atoms with van der Waals surface area (Å²) in [5.74, 6) is -2.19. The lowest BCUT2D eigenvalue weighted by molar-refractivity contribution is -0.0472. The summed E-state index contributed by atoms with van der Waals surface area (Å²) in [7, 11) is 2.16. The van der Waals surface area contributed by atoms with Crippen molar-refractivity contribution in [1.82, 2.24) is 10.2 Å². The van der Waals surface area contributed by atoms with Gasteiger partial charge in [0.1, 0.15) is 0 Å². The highest BCUT2D eigenvalue weighted by Crippen LogP contribution is 2.49. The van der Waals surface area contributed by atoms with E-state index in [2.05, 4.69) is 17.3 Å². The highest BCUT2D eigenvalue weighted by Gasteiger charge is 2.47. The minimum atomic E-state index is -1.33. The number of amides is 1. The second-order valence-electron chi connectivity index (χ2n) is 9.50. The number of hydrogen-bond donors (Lipinski definition) is 1. The fourth-order valence-electron chi connectivity index (χ4n) is 5.72. The van der Waals surface area contributed by atoms with Gasteiger partial charge in [0.05, 0.1) is 5.56 Å². The van der Waals surface area contributed by atoms with Gasteiger partial charge in [0, 0.05) is 29.3 Å². The lowest BCUT2D eigenvalue weighted by atomic mass is 9.97. The molecule has 0 spiro atoms. The molecule has 174 valence electrons. The number of rotatable bonds is 4. The first-order valence-electron chi connectivity index (χ1n) is 11.9. The van der Waals surface area contributed by atoms with Gasteiger partial charge >= 0.3 is 5.79 Å². The van der Waals surface area contributed by atoms with E-state index in [4.69, 9.17) is 9.47 Å². The molecule has 1 amide bonds. The van der Waals surface area contributed by atoms with Crippen molar-refractivity contribution in [2.45, 2.75) is 49.6 Å². The molecule has 2 saturated heterocycles. The average Bonchev–Trinajstić information content (AvgIpc) is 3.35. The number of ether oxygens (including phenoxy) is 2. The maximum Gasteiger partial charge on any atom is 0.305 e. The maximum atomic E-state index is 15.7. The van der Waals surface area contributed by atoms with Gasteiger partial charge in [-0.05, 0) is 44.9 Å². The lowest BCUT2D eigenvalue weighted by Gasteiger charge is -2.36. The van der Waals surface area contributed by atoms with Gasteiger partial charge in [0.15, 0.2) is 11.6 Å². The monoisotopic (exact) mass is 458 g/mol. The Balaban J connectivity index is 1.30. The van der Waals surface area contributed by atoms with E-state index < -0.39 is 17.5 Å². The van der Waals surface area contributed by atoms with E-state index in [0.717, 1.165) is 36.8 Å². The Morgan fingerprint density at radius 2 is 1.50 bits per heavy atom. The zero-order chi connectivity index (χ0) is 23.3. The average molecular weight is 459 g/mol. The summed E-state index contributed by atoms with van der Waals surface area (Å²) in [6.45, 7) is 0. The van der Waals surface area contributed by atoms with Crippen molar-refractivity contribution >= 4 is 5.91 Å². The normalized spacial score (nSPS) is 24.7. The molecule has 34 heavy (non-hydrogen) atoms. The summed E-state index contributed by atoms with van der Waals surface area (Å²) in [6.07, 6.45) is 4.12. The number of benzene rings is 3. The molecule has 3 aliphatic rings. The van der Waals surface area contributed by atoms with Gasteiger partial charge in [-0.1, -0.05) is 60.7 Å². The van der Waals surface area contributed by atoms with Crippen LogP contribution < -0.4 is 14.8 Å².